The third-order valence-electron chi connectivity index (χ3n) is 2.38. The SMILES string of the molecule is COc1ccccc1[C@H]1C[C@@H]1N. The minimum Gasteiger partial charge on any atom is -0.496 e. The molecular weight excluding hydrogens is 150 g/mol. The average molecular weight is 163 g/mol. The lowest BCUT2D eigenvalue weighted by molar-refractivity contribution is 0.409. The quantitative estimate of drug-likeness (QED) is 0.717. The number of nitrogens with two attached hydrogens (primary N) is 1. The molecule has 2 heteroatoms. The fraction of sp³-hybridized carbons (Fsp3) is 0.400. The van der Waals surface area contributed by atoms with Crippen molar-refractivity contribution >= 4 is 0 Å². The Morgan fingerprint density at radius 2 is 2.08 bits per heavy atom. The van der Waals surface area contributed by atoms with Gasteiger partial charge in [-0.15, -0.1) is 0 Å². The highest BCUT2D eigenvalue weighted by Gasteiger charge is 2.36. The molecule has 0 unspecified atom stereocenters. The van der Waals surface area contributed by atoms with Gasteiger partial charge in [-0.3, -0.25) is 0 Å². The summed E-state index contributed by atoms with van der Waals surface area (Å²) < 4.78 is 5.24. The van der Waals surface area contributed by atoms with Crippen LogP contribution in [0.5, 0.6) is 5.75 Å². The van der Waals surface area contributed by atoms with Crippen molar-refractivity contribution in [2.75, 3.05) is 7.11 Å². The van der Waals surface area contributed by atoms with Gasteiger partial charge in [-0.05, 0) is 18.1 Å². The summed E-state index contributed by atoms with van der Waals surface area (Å²) in [4.78, 5) is 0. The molecule has 1 aromatic rings. The molecule has 0 amide bonds. The molecule has 0 saturated heterocycles. The smallest absolute Gasteiger partial charge is 0.122 e. The molecule has 1 fully saturated rings. The van der Waals surface area contributed by atoms with Crippen LogP contribution in [0.15, 0.2) is 24.3 Å². The Kier molecular flexibility index (Phi) is 1.77. The fourth-order valence-corrected chi connectivity index (χ4v) is 1.55. The third kappa shape index (κ3) is 1.18. The van der Waals surface area contributed by atoms with E-state index in [1.807, 2.05) is 18.2 Å². The van der Waals surface area contributed by atoms with Crippen LogP contribution >= 0.6 is 0 Å². The maximum atomic E-state index is 5.77. The van der Waals surface area contributed by atoms with Gasteiger partial charge < -0.3 is 10.5 Å². The van der Waals surface area contributed by atoms with Gasteiger partial charge >= 0.3 is 0 Å². The van der Waals surface area contributed by atoms with Gasteiger partial charge in [-0.25, -0.2) is 0 Å². The molecule has 0 spiro atoms. The van der Waals surface area contributed by atoms with Gasteiger partial charge in [0.25, 0.3) is 0 Å². The Hall–Kier alpha value is -1.02. The van der Waals surface area contributed by atoms with E-state index in [-0.39, 0.29) is 0 Å². The topological polar surface area (TPSA) is 35.2 Å². The number of ether oxygens (including phenoxy) is 1. The zero-order valence-corrected chi connectivity index (χ0v) is 7.16. The highest BCUT2D eigenvalue weighted by molar-refractivity contribution is 5.40. The van der Waals surface area contributed by atoms with E-state index in [0.717, 1.165) is 12.2 Å². The van der Waals surface area contributed by atoms with Gasteiger partial charge in [-0.1, -0.05) is 18.2 Å². The van der Waals surface area contributed by atoms with Crippen molar-refractivity contribution < 1.29 is 4.74 Å². The summed E-state index contributed by atoms with van der Waals surface area (Å²) in [6, 6.07) is 8.44. The van der Waals surface area contributed by atoms with Gasteiger partial charge in [0.2, 0.25) is 0 Å². The Balaban J connectivity index is 2.29. The monoisotopic (exact) mass is 163 g/mol. The Bertz CT molecular complexity index is 285. The Labute approximate surface area is 72.3 Å². The fourth-order valence-electron chi connectivity index (χ4n) is 1.55. The minimum absolute atomic E-state index is 0.348. The molecule has 0 radical (unpaired) electrons. The second-order valence-corrected chi connectivity index (χ2v) is 3.25. The molecule has 2 atom stereocenters. The van der Waals surface area contributed by atoms with Crippen LogP contribution in [-0.4, -0.2) is 13.2 Å². The highest BCUT2D eigenvalue weighted by atomic mass is 16.5. The van der Waals surface area contributed by atoms with Gasteiger partial charge in [0.05, 0.1) is 7.11 Å². The van der Waals surface area contributed by atoms with Crippen molar-refractivity contribution in [1.82, 2.24) is 0 Å². The largest absolute Gasteiger partial charge is 0.496 e. The van der Waals surface area contributed by atoms with Gasteiger partial charge in [0.1, 0.15) is 5.75 Å². The predicted octanol–water partition coefficient (Wildman–Crippen LogP) is 1.51. The van der Waals surface area contributed by atoms with Crippen LogP contribution in [0, 0.1) is 0 Å². The molecule has 0 heterocycles. The van der Waals surface area contributed by atoms with Crippen molar-refractivity contribution in [2.24, 2.45) is 5.73 Å². The second kappa shape index (κ2) is 2.79. The minimum atomic E-state index is 0.348. The standard InChI is InChI=1S/C10H13NO/c1-12-10-5-3-2-4-7(10)8-6-9(8)11/h2-5,8-9H,6,11H2,1H3/t8-,9+/m1/s1. The summed E-state index contributed by atoms with van der Waals surface area (Å²) in [5.41, 5.74) is 7.02. The highest BCUT2D eigenvalue weighted by Crippen LogP contribution is 2.42. The molecule has 1 saturated carbocycles. The lowest BCUT2D eigenvalue weighted by atomic mass is 10.1. The zero-order chi connectivity index (χ0) is 8.55. The molecule has 0 aromatic heterocycles. The van der Waals surface area contributed by atoms with Crippen LogP contribution in [0.4, 0.5) is 0 Å². The van der Waals surface area contributed by atoms with E-state index in [0.29, 0.717) is 12.0 Å². The Morgan fingerprint density at radius 3 is 2.67 bits per heavy atom. The number of hydrogen-bond acceptors (Lipinski definition) is 2. The van der Waals surface area contributed by atoms with E-state index in [9.17, 15) is 0 Å². The lowest BCUT2D eigenvalue weighted by Crippen LogP contribution is -2.01. The molecule has 2 N–H and O–H groups in total. The first-order valence-electron chi connectivity index (χ1n) is 4.21. The summed E-state index contributed by atoms with van der Waals surface area (Å²) in [6.07, 6.45) is 1.10. The predicted molar refractivity (Wildman–Crippen MR) is 48.3 cm³/mol. The maximum absolute atomic E-state index is 5.77. The average Bonchev–Trinajstić information content (AvgIpc) is 2.83. The number of methoxy groups -OCH3 is 1. The van der Waals surface area contributed by atoms with E-state index in [4.69, 9.17) is 10.5 Å². The van der Waals surface area contributed by atoms with E-state index >= 15 is 0 Å². The summed E-state index contributed by atoms with van der Waals surface area (Å²) in [5, 5.41) is 0. The molecule has 0 bridgehead atoms. The number of para-hydroxylation sites is 1. The summed E-state index contributed by atoms with van der Waals surface area (Å²) >= 11 is 0. The first-order valence-corrected chi connectivity index (χ1v) is 4.21. The lowest BCUT2D eigenvalue weighted by Gasteiger charge is -2.05. The number of benzene rings is 1. The molecule has 1 aliphatic rings. The van der Waals surface area contributed by atoms with E-state index in [1.54, 1.807) is 7.11 Å². The summed E-state index contributed by atoms with van der Waals surface area (Å²) in [7, 11) is 1.70. The zero-order valence-electron chi connectivity index (χ0n) is 7.16. The van der Waals surface area contributed by atoms with Crippen molar-refractivity contribution in [3.05, 3.63) is 29.8 Å². The van der Waals surface area contributed by atoms with Gasteiger partial charge in [-0.2, -0.15) is 0 Å². The summed E-state index contributed by atoms with van der Waals surface area (Å²) in [5.74, 6) is 1.50. The van der Waals surface area contributed by atoms with Crippen molar-refractivity contribution in [1.29, 1.82) is 0 Å². The van der Waals surface area contributed by atoms with Crippen LogP contribution in [0.1, 0.15) is 17.9 Å². The van der Waals surface area contributed by atoms with Gasteiger partial charge in [0, 0.05) is 12.0 Å². The van der Waals surface area contributed by atoms with Crippen molar-refractivity contribution in [3.8, 4) is 5.75 Å². The van der Waals surface area contributed by atoms with Crippen LogP contribution in [0.3, 0.4) is 0 Å². The molecule has 2 nitrogen and oxygen atoms in total. The molecule has 12 heavy (non-hydrogen) atoms. The van der Waals surface area contributed by atoms with Gasteiger partial charge in [0.15, 0.2) is 0 Å². The maximum Gasteiger partial charge on any atom is 0.122 e. The molecule has 1 aromatic carbocycles. The first-order chi connectivity index (χ1) is 5.83. The molecule has 1 aliphatic carbocycles. The van der Waals surface area contributed by atoms with Crippen LogP contribution in [-0.2, 0) is 0 Å². The van der Waals surface area contributed by atoms with E-state index < -0.39 is 0 Å². The normalized spacial score (nSPS) is 26.8. The number of hydrogen-bond donors (Lipinski definition) is 1. The number of rotatable bonds is 2. The molecule has 2 rings (SSSR count). The van der Waals surface area contributed by atoms with E-state index in [2.05, 4.69) is 6.07 Å². The molecule has 0 aliphatic heterocycles. The van der Waals surface area contributed by atoms with Crippen LogP contribution in [0.25, 0.3) is 0 Å². The van der Waals surface area contributed by atoms with Crippen LogP contribution in [0.2, 0.25) is 0 Å². The molecular formula is C10H13NO. The second-order valence-electron chi connectivity index (χ2n) is 3.25. The molecule has 64 valence electrons. The summed E-state index contributed by atoms with van der Waals surface area (Å²) in [6.45, 7) is 0. The van der Waals surface area contributed by atoms with E-state index in [1.165, 1.54) is 5.56 Å². The van der Waals surface area contributed by atoms with Crippen molar-refractivity contribution in [3.63, 3.8) is 0 Å². The van der Waals surface area contributed by atoms with Crippen molar-refractivity contribution in [2.45, 2.75) is 18.4 Å². The third-order valence-corrected chi connectivity index (χ3v) is 2.38. The Morgan fingerprint density at radius 1 is 1.42 bits per heavy atom. The first kappa shape index (κ1) is 7.62. The van der Waals surface area contributed by atoms with Crippen LogP contribution < -0.4 is 10.5 Å².